The molecule has 0 radical (unpaired) electrons. The van der Waals surface area contributed by atoms with Gasteiger partial charge in [-0.05, 0) is 6.07 Å². The van der Waals surface area contributed by atoms with Gasteiger partial charge >= 0.3 is 29.6 Å². The monoisotopic (exact) mass is 270 g/mol. The first-order valence-corrected chi connectivity index (χ1v) is 5.41. The maximum atomic E-state index is 10.9. The van der Waals surface area contributed by atoms with E-state index in [9.17, 15) is 14.3 Å². The summed E-state index contributed by atoms with van der Waals surface area (Å²) in [5, 5.41) is 21.7. The number of benzene rings is 1. The number of aliphatic hydroxyl groups is 1. The van der Waals surface area contributed by atoms with Crippen LogP contribution in [-0.2, 0) is 11.1 Å². The Morgan fingerprint density at radius 3 is 2.59 bits per heavy atom. The SMILES string of the molecule is O=[N+]([O-])c1ccc(NCCO)c(S(=O)O)c1.[NaH]. The number of nitrogens with one attached hydrogen (secondary N) is 1. The molecule has 3 N–H and O–H groups in total. The normalized spacial score (nSPS) is 11.4. The summed E-state index contributed by atoms with van der Waals surface area (Å²) < 4.78 is 19.9. The molecule has 1 aromatic carbocycles. The molecule has 0 fully saturated rings. The Labute approximate surface area is 122 Å². The van der Waals surface area contributed by atoms with E-state index in [0.717, 1.165) is 6.07 Å². The van der Waals surface area contributed by atoms with Crippen molar-refractivity contribution in [3.05, 3.63) is 28.3 Å². The number of nitrogens with zero attached hydrogens (tertiary/aromatic N) is 1. The Hall–Kier alpha value is -0.510. The van der Waals surface area contributed by atoms with Gasteiger partial charge in [0.2, 0.25) is 0 Å². The number of aliphatic hydroxyl groups excluding tert-OH is 1. The van der Waals surface area contributed by atoms with Crippen LogP contribution in [0.3, 0.4) is 0 Å². The number of nitro groups is 1. The molecule has 9 heteroatoms. The van der Waals surface area contributed by atoms with Crippen molar-refractivity contribution in [2.24, 2.45) is 0 Å². The van der Waals surface area contributed by atoms with Crippen LogP contribution in [0.25, 0.3) is 0 Å². The van der Waals surface area contributed by atoms with Crippen molar-refractivity contribution in [3.8, 4) is 0 Å². The minimum atomic E-state index is -2.32. The topological polar surface area (TPSA) is 113 Å². The molecule has 0 saturated carbocycles. The summed E-state index contributed by atoms with van der Waals surface area (Å²) in [5.41, 5.74) is 0.0347. The Kier molecular flexibility index (Phi) is 7.51. The van der Waals surface area contributed by atoms with E-state index in [1.807, 2.05) is 0 Å². The zero-order valence-corrected chi connectivity index (χ0v) is 8.94. The van der Waals surface area contributed by atoms with E-state index in [1.54, 1.807) is 0 Å². The van der Waals surface area contributed by atoms with Gasteiger partial charge in [-0.15, -0.1) is 0 Å². The Balaban J connectivity index is 0.00000256. The van der Waals surface area contributed by atoms with Crippen LogP contribution in [0.5, 0.6) is 0 Å². The van der Waals surface area contributed by atoms with Crippen LogP contribution in [-0.4, -0.2) is 61.5 Å². The van der Waals surface area contributed by atoms with E-state index in [1.165, 1.54) is 12.1 Å². The third-order valence-electron chi connectivity index (χ3n) is 1.79. The average Bonchev–Trinajstić information content (AvgIpc) is 2.25. The van der Waals surface area contributed by atoms with Crippen LogP contribution in [0.4, 0.5) is 11.4 Å². The molecule has 17 heavy (non-hydrogen) atoms. The molecule has 1 rings (SSSR count). The van der Waals surface area contributed by atoms with E-state index in [-0.39, 0.29) is 53.3 Å². The fourth-order valence-corrected chi connectivity index (χ4v) is 1.66. The molecule has 0 aliphatic rings. The van der Waals surface area contributed by atoms with Gasteiger partial charge in [0.15, 0.2) is 11.1 Å². The predicted octanol–water partition coefficient (Wildman–Crippen LogP) is -0.0689. The first kappa shape index (κ1) is 16.5. The number of rotatable bonds is 5. The van der Waals surface area contributed by atoms with Crippen molar-refractivity contribution in [1.82, 2.24) is 0 Å². The molecule has 0 bridgehead atoms. The summed E-state index contributed by atoms with van der Waals surface area (Å²) in [6.45, 7) is 0.0521. The van der Waals surface area contributed by atoms with Gasteiger partial charge in [-0.25, -0.2) is 4.21 Å². The fraction of sp³-hybridized carbons (Fsp3) is 0.250. The molecular formula is C8H11N2NaO5S. The molecule has 90 valence electrons. The number of non-ortho nitro benzene ring substituents is 1. The van der Waals surface area contributed by atoms with Crippen LogP contribution in [0.2, 0.25) is 0 Å². The van der Waals surface area contributed by atoms with Gasteiger partial charge < -0.3 is 15.0 Å². The molecular weight excluding hydrogens is 259 g/mol. The van der Waals surface area contributed by atoms with E-state index in [4.69, 9.17) is 9.66 Å². The summed E-state index contributed by atoms with van der Waals surface area (Å²) in [5.74, 6) is 0. The van der Waals surface area contributed by atoms with Crippen molar-refractivity contribution in [2.75, 3.05) is 18.5 Å². The van der Waals surface area contributed by atoms with Crippen molar-refractivity contribution < 1.29 is 18.8 Å². The molecule has 0 amide bonds. The summed E-state index contributed by atoms with van der Waals surface area (Å²) in [7, 11) is 0. The second-order valence-corrected chi connectivity index (χ2v) is 3.78. The van der Waals surface area contributed by atoms with Crippen molar-refractivity contribution in [3.63, 3.8) is 0 Å². The number of anilines is 1. The molecule has 7 nitrogen and oxygen atoms in total. The average molecular weight is 270 g/mol. The second kappa shape index (κ2) is 7.75. The molecule has 0 aromatic heterocycles. The van der Waals surface area contributed by atoms with E-state index in [0.29, 0.717) is 5.69 Å². The van der Waals surface area contributed by atoms with Gasteiger partial charge in [-0.1, -0.05) is 0 Å². The van der Waals surface area contributed by atoms with Gasteiger partial charge in [-0.2, -0.15) is 0 Å². The number of hydrogen-bond acceptors (Lipinski definition) is 5. The minimum absolute atomic E-state index is 0. The standard InChI is InChI=1S/C8H10N2O5S.Na.H/c11-4-3-9-7-2-1-6(10(12)13)5-8(7)16(14)15;;/h1-2,5,9,11H,3-4H2,(H,14,15);;. The van der Waals surface area contributed by atoms with E-state index >= 15 is 0 Å². The first-order valence-electron chi connectivity index (χ1n) is 4.30. The second-order valence-electron chi connectivity index (χ2n) is 2.84. The molecule has 0 aliphatic carbocycles. The predicted molar refractivity (Wildman–Crippen MR) is 64.9 cm³/mol. The quantitative estimate of drug-likeness (QED) is 0.299. The molecule has 1 aromatic rings. The maximum absolute atomic E-state index is 10.9. The number of hydrogen-bond donors (Lipinski definition) is 3. The van der Waals surface area contributed by atoms with Gasteiger partial charge in [0.05, 0.1) is 22.1 Å². The van der Waals surface area contributed by atoms with Crippen LogP contribution >= 0.6 is 0 Å². The van der Waals surface area contributed by atoms with E-state index < -0.39 is 16.0 Å². The van der Waals surface area contributed by atoms with Gasteiger partial charge in [-0.3, -0.25) is 10.1 Å². The van der Waals surface area contributed by atoms with Crippen LogP contribution in [0.15, 0.2) is 23.1 Å². The van der Waals surface area contributed by atoms with Crippen LogP contribution < -0.4 is 5.32 Å². The fourth-order valence-electron chi connectivity index (χ4n) is 1.11. The first-order chi connectivity index (χ1) is 7.56. The van der Waals surface area contributed by atoms with Crippen LogP contribution in [0, 0.1) is 10.1 Å². The van der Waals surface area contributed by atoms with Crippen molar-refractivity contribution in [2.45, 2.75) is 4.90 Å². The molecule has 0 heterocycles. The van der Waals surface area contributed by atoms with Gasteiger partial charge in [0.25, 0.3) is 5.69 Å². The summed E-state index contributed by atoms with van der Waals surface area (Å²) in [4.78, 5) is 9.74. The molecule has 0 spiro atoms. The van der Waals surface area contributed by atoms with Gasteiger partial charge in [0, 0.05) is 18.7 Å². The third kappa shape index (κ3) is 4.70. The zero-order chi connectivity index (χ0) is 12.1. The Morgan fingerprint density at radius 1 is 1.47 bits per heavy atom. The molecule has 0 aliphatic heterocycles. The summed E-state index contributed by atoms with van der Waals surface area (Å²) in [6.07, 6.45) is 0. The van der Waals surface area contributed by atoms with Gasteiger partial charge in [0.1, 0.15) is 0 Å². The summed E-state index contributed by atoms with van der Waals surface area (Å²) >= 11 is -2.32. The number of nitro benzene ring substituents is 1. The Bertz CT molecular complexity index is 428. The molecule has 0 saturated heterocycles. The van der Waals surface area contributed by atoms with Crippen molar-refractivity contribution >= 4 is 52.0 Å². The van der Waals surface area contributed by atoms with Crippen LogP contribution in [0.1, 0.15) is 0 Å². The zero-order valence-electron chi connectivity index (χ0n) is 8.12. The third-order valence-corrected chi connectivity index (χ3v) is 2.51. The Morgan fingerprint density at radius 2 is 2.12 bits per heavy atom. The molecule has 1 atom stereocenters. The summed E-state index contributed by atoms with van der Waals surface area (Å²) in [6, 6.07) is 3.57. The van der Waals surface area contributed by atoms with Crippen molar-refractivity contribution in [1.29, 1.82) is 0 Å². The molecule has 1 unspecified atom stereocenters. The van der Waals surface area contributed by atoms with E-state index in [2.05, 4.69) is 5.32 Å².